The van der Waals surface area contributed by atoms with Crippen molar-refractivity contribution in [3.8, 4) is 0 Å². The lowest BCUT2D eigenvalue weighted by molar-refractivity contribution is -0.159. The third kappa shape index (κ3) is 4.47. The molecule has 3 N–H and O–H groups in total. The van der Waals surface area contributed by atoms with Crippen LogP contribution < -0.4 is 0 Å². The minimum Gasteiger partial charge on any atom is -0.463 e. The van der Waals surface area contributed by atoms with Gasteiger partial charge in [0.05, 0.1) is 18.6 Å². The van der Waals surface area contributed by atoms with Crippen molar-refractivity contribution in [2.75, 3.05) is 19.8 Å². The van der Waals surface area contributed by atoms with E-state index in [1.807, 2.05) is 6.92 Å². The van der Waals surface area contributed by atoms with Gasteiger partial charge in [-0.1, -0.05) is 20.3 Å². The highest BCUT2D eigenvalue weighted by Gasteiger charge is 2.29. The van der Waals surface area contributed by atoms with E-state index in [2.05, 4.69) is 0 Å². The van der Waals surface area contributed by atoms with Crippen LogP contribution in [0.2, 0.25) is 0 Å². The highest BCUT2D eigenvalue weighted by Crippen LogP contribution is 2.21. The lowest BCUT2D eigenvalue weighted by atomic mass is 9.88. The van der Waals surface area contributed by atoms with Gasteiger partial charge in [0, 0.05) is 0 Å². The minimum atomic E-state index is -1.11. The third-order valence-corrected chi connectivity index (χ3v) is 2.78. The first-order chi connectivity index (χ1) is 7.55. The van der Waals surface area contributed by atoms with Gasteiger partial charge in [-0.25, -0.2) is 4.79 Å². The van der Waals surface area contributed by atoms with Crippen LogP contribution in [0.1, 0.15) is 33.1 Å². The molecule has 0 saturated carbocycles. The van der Waals surface area contributed by atoms with Crippen LogP contribution in [-0.4, -0.2) is 47.2 Å². The quantitative estimate of drug-likeness (QED) is 0.517. The molecule has 1 atom stereocenters. The van der Waals surface area contributed by atoms with Gasteiger partial charge in [0.1, 0.15) is 6.61 Å². The summed E-state index contributed by atoms with van der Waals surface area (Å²) in [6.07, 6.45) is 0.430. The van der Waals surface area contributed by atoms with Gasteiger partial charge in [0.25, 0.3) is 0 Å². The van der Waals surface area contributed by atoms with Crippen molar-refractivity contribution >= 4 is 5.97 Å². The molecule has 0 fully saturated rings. The SMILES string of the molecule is CCCC(O)C(=O)OCC(CC)(CO)CO. The smallest absolute Gasteiger partial charge is 0.334 e. The predicted octanol–water partition coefficient (Wildman–Crippen LogP) is 0.0716. The summed E-state index contributed by atoms with van der Waals surface area (Å²) >= 11 is 0. The molecule has 0 aliphatic rings. The van der Waals surface area contributed by atoms with Gasteiger partial charge >= 0.3 is 5.97 Å². The Hall–Kier alpha value is -0.650. The van der Waals surface area contributed by atoms with E-state index in [-0.39, 0.29) is 19.8 Å². The van der Waals surface area contributed by atoms with E-state index in [1.54, 1.807) is 6.92 Å². The Morgan fingerprint density at radius 2 is 1.88 bits per heavy atom. The zero-order chi connectivity index (χ0) is 12.6. The number of aliphatic hydroxyl groups excluding tert-OH is 3. The van der Waals surface area contributed by atoms with Crippen LogP contribution in [0, 0.1) is 5.41 Å². The van der Waals surface area contributed by atoms with E-state index in [0.717, 1.165) is 0 Å². The van der Waals surface area contributed by atoms with Gasteiger partial charge in [0.15, 0.2) is 6.10 Å². The molecule has 0 aromatic carbocycles. The average molecular weight is 234 g/mol. The molecule has 0 spiro atoms. The molecule has 0 amide bonds. The van der Waals surface area contributed by atoms with Gasteiger partial charge < -0.3 is 20.1 Å². The van der Waals surface area contributed by atoms with E-state index in [0.29, 0.717) is 19.3 Å². The Kier molecular flexibility index (Phi) is 7.29. The second-order valence-corrected chi connectivity index (χ2v) is 4.08. The summed E-state index contributed by atoms with van der Waals surface area (Å²) in [5.41, 5.74) is -0.804. The van der Waals surface area contributed by atoms with Crippen LogP contribution in [0.25, 0.3) is 0 Å². The summed E-state index contributed by atoms with van der Waals surface area (Å²) in [6.45, 7) is 3.07. The molecule has 0 aromatic heterocycles. The van der Waals surface area contributed by atoms with Crippen molar-refractivity contribution in [1.29, 1.82) is 0 Å². The highest BCUT2D eigenvalue weighted by molar-refractivity contribution is 5.74. The van der Waals surface area contributed by atoms with E-state index in [1.165, 1.54) is 0 Å². The van der Waals surface area contributed by atoms with Crippen LogP contribution in [0.15, 0.2) is 0 Å². The maximum Gasteiger partial charge on any atom is 0.334 e. The first kappa shape index (κ1) is 15.3. The summed E-state index contributed by atoms with van der Waals surface area (Å²) < 4.78 is 4.89. The van der Waals surface area contributed by atoms with Crippen molar-refractivity contribution in [2.45, 2.75) is 39.2 Å². The van der Waals surface area contributed by atoms with E-state index >= 15 is 0 Å². The Labute approximate surface area is 96.0 Å². The fraction of sp³-hybridized carbons (Fsp3) is 0.909. The van der Waals surface area contributed by atoms with Gasteiger partial charge in [-0.15, -0.1) is 0 Å². The number of hydrogen-bond donors (Lipinski definition) is 3. The zero-order valence-corrected chi connectivity index (χ0v) is 9.98. The third-order valence-electron chi connectivity index (χ3n) is 2.78. The molecule has 0 saturated heterocycles. The Bertz CT molecular complexity index is 192. The van der Waals surface area contributed by atoms with Crippen molar-refractivity contribution < 1.29 is 24.9 Å². The number of hydrogen-bond acceptors (Lipinski definition) is 5. The summed E-state index contributed by atoms with van der Waals surface area (Å²) in [4.78, 5) is 11.3. The van der Waals surface area contributed by atoms with Crippen LogP contribution >= 0.6 is 0 Å². The maximum absolute atomic E-state index is 11.3. The number of aliphatic hydroxyl groups is 3. The second-order valence-electron chi connectivity index (χ2n) is 4.08. The van der Waals surface area contributed by atoms with Crippen LogP contribution in [0.4, 0.5) is 0 Å². The van der Waals surface area contributed by atoms with Crippen molar-refractivity contribution in [2.24, 2.45) is 5.41 Å². The van der Waals surface area contributed by atoms with Crippen molar-refractivity contribution in [1.82, 2.24) is 0 Å². The first-order valence-corrected chi connectivity index (χ1v) is 5.61. The van der Waals surface area contributed by atoms with Gasteiger partial charge in [-0.2, -0.15) is 0 Å². The number of carbonyl (C=O) groups is 1. The van der Waals surface area contributed by atoms with Crippen molar-refractivity contribution in [3.63, 3.8) is 0 Å². The Balaban J connectivity index is 4.15. The number of carbonyl (C=O) groups excluding carboxylic acids is 1. The monoisotopic (exact) mass is 234 g/mol. The topological polar surface area (TPSA) is 87.0 Å². The molecule has 16 heavy (non-hydrogen) atoms. The molecule has 0 radical (unpaired) electrons. The molecule has 0 aliphatic carbocycles. The van der Waals surface area contributed by atoms with Crippen LogP contribution in [-0.2, 0) is 9.53 Å². The molecular weight excluding hydrogens is 212 g/mol. The Morgan fingerprint density at radius 1 is 1.31 bits per heavy atom. The molecule has 5 heteroatoms. The van der Waals surface area contributed by atoms with Gasteiger partial charge in [0.2, 0.25) is 0 Å². The zero-order valence-electron chi connectivity index (χ0n) is 9.98. The van der Waals surface area contributed by atoms with Gasteiger partial charge in [-0.3, -0.25) is 0 Å². The number of ether oxygens (including phenoxy) is 1. The van der Waals surface area contributed by atoms with E-state index in [4.69, 9.17) is 14.9 Å². The summed E-state index contributed by atoms with van der Waals surface area (Å²) in [5, 5.41) is 27.6. The van der Waals surface area contributed by atoms with Crippen LogP contribution in [0.5, 0.6) is 0 Å². The van der Waals surface area contributed by atoms with Gasteiger partial charge in [-0.05, 0) is 12.8 Å². The highest BCUT2D eigenvalue weighted by atomic mass is 16.5. The average Bonchev–Trinajstić information content (AvgIpc) is 2.31. The number of rotatable bonds is 8. The van der Waals surface area contributed by atoms with Crippen LogP contribution in [0.3, 0.4) is 0 Å². The summed E-state index contributed by atoms with van der Waals surface area (Å²) in [7, 11) is 0. The van der Waals surface area contributed by atoms with Crippen molar-refractivity contribution in [3.05, 3.63) is 0 Å². The fourth-order valence-corrected chi connectivity index (χ4v) is 1.18. The molecule has 5 nitrogen and oxygen atoms in total. The normalized spacial score (nSPS) is 13.6. The summed E-state index contributed by atoms with van der Waals surface area (Å²) in [5.74, 6) is -0.693. The fourth-order valence-electron chi connectivity index (χ4n) is 1.18. The Morgan fingerprint density at radius 3 is 2.25 bits per heavy atom. The molecular formula is C11H22O5. The molecule has 0 aliphatic heterocycles. The lowest BCUT2D eigenvalue weighted by Gasteiger charge is -2.27. The summed E-state index contributed by atoms with van der Waals surface area (Å²) in [6, 6.07) is 0. The first-order valence-electron chi connectivity index (χ1n) is 5.61. The number of esters is 1. The second kappa shape index (κ2) is 7.60. The molecule has 1 unspecified atom stereocenters. The largest absolute Gasteiger partial charge is 0.463 e. The lowest BCUT2D eigenvalue weighted by Crippen LogP contribution is -2.37. The molecule has 0 aromatic rings. The molecule has 0 bridgehead atoms. The minimum absolute atomic E-state index is 0.0733. The van der Waals surface area contributed by atoms with E-state index < -0.39 is 17.5 Å². The maximum atomic E-state index is 11.3. The van der Waals surface area contributed by atoms with E-state index in [9.17, 15) is 9.90 Å². The predicted molar refractivity (Wildman–Crippen MR) is 58.8 cm³/mol. The molecule has 0 heterocycles. The standard InChI is InChI=1S/C11H22O5/c1-3-5-9(14)10(15)16-8-11(4-2,6-12)7-13/h9,12-14H,3-8H2,1-2H3. The molecule has 0 rings (SSSR count). The molecule has 96 valence electrons.